The fourth-order valence-electron chi connectivity index (χ4n) is 3.88. The predicted molar refractivity (Wildman–Crippen MR) is 145 cm³/mol. The van der Waals surface area contributed by atoms with E-state index < -0.39 is 11.9 Å². The van der Waals surface area contributed by atoms with E-state index in [1.165, 1.54) is 22.7 Å². The molecule has 2 aromatic heterocycles. The predicted octanol–water partition coefficient (Wildman–Crippen LogP) is 5.93. The molecule has 1 aliphatic heterocycles. The van der Waals surface area contributed by atoms with Crippen LogP contribution in [0.5, 0.6) is 0 Å². The van der Waals surface area contributed by atoms with Crippen molar-refractivity contribution >= 4 is 52.2 Å². The van der Waals surface area contributed by atoms with Crippen molar-refractivity contribution in [1.29, 1.82) is 0 Å². The van der Waals surface area contributed by atoms with Crippen LogP contribution in [-0.2, 0) is 22.6 Å². The van der Waals surface area contributed by atoms with Gasteiger partial charge in [0, 0.05) is 17.2 Å². The summed E-state index contributed by atoms with van der Waals surface area (Å²) < 4.78 is 11.7. The molecule has 1 amide bonds. The maximum atomic E-state index is 13.0. The van der Waals surface area contributed by atoms with E-state index in [9.17, 15) is 14.4 Å². The molecule has 0 atom stereocenters. The van der Waals surface area contributed by atoms with Gasteiger partial charge in [0.1, 0.15) is 21.6 Å². The summed E-state index contributed by atoms with van der Waals surface area (Å²) in [5.74, 6) is -0.824. The van der Waals surface area contributed by atoms with Crippen molar-refractivity contribution in [2.24, 2.45) is 0 Å². The zero-order valence-corrected chi connectivity index (χ0v) is 21.3. The first-order valence-electron chi connectivity index (χ1n) is 11.4. The molecule has 3 heterocycles. The SMILES string of the molecule is O=C(O)Cc1ccc(CN2C(=O)/C(=C/c3ccc(-c4ccc(-c5ccc(C(=O)O)o5)cc4)o3)SC2=S)cc1. The highest BCUT2D eigenvalue weighted by Gasteiger charge is 2.32. The lowest BCUT2D eigenvalue weighted by molar-refractivity contribution is -0.136. The lowest BCUT2D eigenvalue weighted by atomic mass is 10.1. The van der Waals surface area contributed by atoms with Crippen LogP contribution in [0, 0.1) is 0 Å². The third-order valence-corrected chi connectivity index (χ3v) is 7.14. The number of thiocarbonyl (C=S) groups is 1. The molecule has 190 valence electrons. The summed E-state index contributed by atoms with van der Waals surface area (Å²) in [7, 11) is 0. The van der Waals surface area contributed by atoms with Gasteiger partial charge in [-0.2, -0.15) is 0 Å². The molecule has 0 saturated carbocycles. The Morgan fingerprint density at radius 3 is 2.05 bits per heavy atom. The molecule has 4 aromatic rings. The Labute approximate surface area is 226 Å². The van der Waals surface area contributed by atoms with Crippen LogP contribution in [0.2, 0.25) is 0 Å². The smallest absolute Gasteiger partial charge is 0.371 e. The van der Waals surface area contributed by atoms with Crippen molar-refractivity contribution in [2.75, 3.05) is 0 Å². The van der Waals surface area contributed by atoms with Crippen molar-refractivity contribution in [3.8, 4) is 22.6 Å². The summed E-state index contributed by atoms with van der Waals surface area (Å²) in [5, 5.41) is 17.9. The number of amides is 1. The van der Waals surface area contributed by atoms with Gasteiger partial charge in [-0.3, -0.25) is 14.5 Å². The number of aromatic carboxylic acids is 1. The number of thioether (sulfide) groups is 1. The summed E-state index contributed by atoms with van der Waals surface area (Å²) in [6.07, 6.45) is 1.60. The van der Waals surface area contributed by atoms with Crippen LogP contribution in [0.1, 0.15) is 27.4 Å². The maximum Gasteiger partial charge on any atom is 0.371 e. The molecular formula is C28H19NO7S2. The summed E-state index contributed by atoms with van der Waals surface area (Å²) in [6.45, 7) is 0.286. The molecule has 0 aliphatic carbocycles. The lowest BCUT2D eigenvalue weighted by Gasteiger charge is -2.14. The zero-order chi connectivity index (χ0) is 26.8. The largest absolute Gasteiger partial charge is 0.481 e. The first kappa shape index (κ1) is 25.2. The number of rotatable bonds is 8. The Bertz CT molecular complexity index is 1580. The molecule has 8 nitrogen and oxygen atoms in total. The Kier molecular flexibility index (Phi) is 6.99. The molecule has 0 radical (unpaired) electrons. The normalized spacial score (nSPS) is 14.4. The van der Waals surface area contributed by atoms with Crippen molar-refractivity contribution in [3.63, 3.8) is 0 Å². The number of benzene rings is 2. The molecule has 0 unspecified atom stereocenters. The number of carbonyl (C=O) groups excluding carboxylic acids is 1. The second-order valence-electron chi connectivity index (χ2n) is 8.40. The highest BCUT2D eigenvalue weighted by molar-refractivity contribution is 8.26. The molecule has 10 heteroatoms. The standard InChI is InChI=1S/C28H19NO7S2/c30-25(31)13-16-1-3-17(4-2-16)15-29-26(32)24(38-28(29)37)14-20-9-10-21(35-20)18-5-7-19(8-6-18)22-11-12-23(36-22)27(33)34/h1-12,14H,13,15H2,(H,30,31)(H,33,34)/b24-14-. The minimum absolute atomic E-state index is 0.0586. The highest BCUT2D eigenvalue weighted by atomic mass is 32.2. The fourth-order valence-corrected chi connectivity index (χ4v) is 5.11. The Balaban J connectivity index is 1.27. The fraction of sp³-hybridized carbons (Fsp3) is 0.0714. The second kappa shape index (κ2) is 10.5. The number of carboxylic acid groups (broad SMARTS) is 2. The Morgan fingerprint density at radius 2 is 1.45 bits per heavy atom. The van der Waals surface area contributed by atoms with Gasteiger partial charge in [-0.15, -0.1) is 0 Å². The van der Waals surface area contributed by atoms with Gasteiger partial charge in [0.2, 0.25) is 5.76 Å². The number of aliphatic carboxylic acids is 1. The molecule has 1 saturated heterocycles. The summed E-state index contributed by atoms with van der Waals surface area (Å²) in [6, 6.07) is 20.9. The van der Waals surface area contributed by atoms with E-state index in [2.05, 4.69) is 0 Å². The van der Waals surface area contributed by atoms with E-state index in [1.807, 2.05) is 12.1 Å². The molecule has 5 rings (SSSR count). The number of nitrogens with zero attached hydrogens (tertiary/aromatic N) is 1. The van der Waals surface area contributed by atoms with Crippen LogP contribution in [-0.4, -0.2) is 37.3 Å². The lowest BCUT2D eigenvalue weighted by Crippen LogP contribution is -2.27. The number of hydrogen-bond acceptors (Lipinski definition) is 7. The molecule has 1 aliphatic rings. The second-order valence-corrected chi connectivity index (χ2v) is 10.1. The van der Waals surface area contributed by atoms with Crippen LogP contribution in [0.25, 0.3) is 28.7 Å². The van der Waals surface area contributed by atoms with Crippen LogP contribution in [0.3, 0.4) is 0 Å². The summed E-state index contributed by atoms with van der Waals surface area (Å²) in [5.41, 5.74) is 3.06. The highest BCUT2D eigenvalue weighted by Crippen LogP contribution is 2.35. The van der Waals surface area contributed by atoms with Crippen LogP contribution < -0.4 is 0 Å². The summed E-state index contributed by atoms with van der Waals surface area (Å²) in [4.78, 5) is 36.9. The van der Waals surface area contributed by atoms with Gasteiger partial charge in [0.05, 0.1) is 17.9 Å². The summed E-state index contributed by atoms with van der Waals surface area (Å²) >= 11 is 6.62. The van der Waals surface area contributed by atoms with E-state index in [0.29, 0.717) is 32.1 Å². The molecule has 1 fully saturated rings. The van der Waals surface area contributed by atoms with Gasteiger partial charge >= 0.3 is 11.9 Å². The van der Waals surface area contributed by atoms with Gasteiger partial charge in [-0.05, 0) is 35.4 Å². The number of carboxylic acids is 2. The van der Waals surface area contributed by atoms with Crippen molar-refractivity contribution in [1.82, 2.24) is 4.90 Å². The molecule has 2 aromatic carbocycles. The quantitative estimate of drug-likeness (QED) is 0.205. The minimum Gasteiger partial charge on any atom is -0.481 e. The minimum atomic E-state index is -1.13. The number of hydrogen-bond donors (Lipinski definition) is 2. The number of furan rings is 2. The van der Waals surface area contributed by atoms with Gasteiger partial charge < -0.3 is 19.0 Å². The first-order chi connectivity index (χ1) is 18.3. The van der Waals surface area contributed by atoms with Crippen LogP contribution in [0.15, 0.2) is 86.5 Å². The third kappa shape index (κ3) is 5.46. The van der Waals surface area contributed by atoms with Gasteiger partial charge in [-0.1, -0.05) is 72.5 Å². The molecule has 0 bridgehead atoms. The van der Waals surface area contributed by atoms with E-state index in [4.69, 9.17) is 31.3 Å². The van der Waals surface area contributed by atoms with Crippen molar-refractivity contribution < 1.29 is 33.4 Å². The molecular weight excluding hydrogens is 526 g/mol. The van der Waals surface area contributed by atoms with Crippen LogP contribution in [0.4, 0.5) is 0 Å². The van der Waals surface area contributed by atoms with E-state index in [0.717, 1.165) is 16.7 Å². The van der Waals surface area contributed by atoms with Gasteiger partial charge in [0.25, 0.3) is 5.91 Å². The van der Waals surface area contributed by atoms with Gasteiger partial charge in [0.15, 0.2) is 0 Å². The topological polar surface area (TPSA) is 121 Å². The Hall–Kier alpha value is -4.41. The molecule has 0 spiro atoms. The zero-order valence-electron chi connectivity index (χ0n) is 19.6. The maximum absolute atomic E-state index is 13.0. The monoisotopic (exact) mass is 545 g/mol. The average Bonchev–Trinajstić information content (AvgIpc) is 3.62. The third-order valence-electron chi connectivity index (χ3n) is 5.76. The van der Waals surface area contributed by atoms with Crippen LogP contribution >= 0.6 is 24.0 Å². The average molecular weight is 546 g/mol. The van der Waals surface area contributed by atoms with E-state index in [-0.39, 0.29) is 24.6 Å². The van der Waals surface area contributed by atoms with E-state index in [1.54, 1.807) is 60.7 Å². The van der Waals surface area contributed by atoms with Crippen molar-refractivity contribution in [2.45, 2.75) is 13.0 Å². The molecule has 38 heavy (non-hydrogen) atoms. The number of carbonyl (C=O) groups is 3. The molecule has 2 N–H and O–H groups in total. The van der Waals surface area contributed by atoms with Crippen molar-refractivity contribution in [3.05, 3.63) is 100 Å². The van der Waals surface area contributed by atoms with Gasteiger partial charge in [-0.25, -0.2) is 4.79 Å². The van der Waals surface area contributed by atoms with E-state index >= 15 is 0 Å². The Morgan fingerprint density at radius 1 is 0.842 bits per heavy atom. The first-order valence-corrected chi connectivity index (χ1v) is 12.6.